The third-order valence-electron chi connectivity index (χ3n) is 4.25. The van der Waals surface area contributed by atoms with E-state index in [1.54, 1.807) is 24.3 Å². The molecule has 3 aromatic rings. The van der Waals surface area contributed by atoms with Crippen molar-refractivity contribution in [2.45, 2.75) is 13.8 Å². The van der Waals surface area contributed by atoms with Gasteiger partial charge in [-0.1, -0.05) is 44.2 Å². The second-order valence-corrected chi connectivity index (χ2v) is 6.58. The van der Waals surface area contributed by atoms with E-state index in [1.807, 2.05) is 50.2 Å². The number of rotatable bonds is 5. The minimum atomic E-state index is -0.207. The van der Waals surface area contributed by atoms with Crippen LogP contribution in [-0.2, 0) is 4.79 Å². The fraction of sp³-hybridized carbons (Fsp3) is 0.182. The van der Waals surface area contributed by atoms with Crippen molar-refractivity contribution in [2.75, 3.05) is 17.7 Å². The second kappa shape index (κ2) is 7.91. The normalized spacial score (nSPS) is 10.7. The second-order valence-electron chi connectivity index (χ2n) is 6.58. The summed E-state index contributed by atoms with van der Waals surface area (Å²) < 4.78 is 5.35. The lowest BCUT2D eigenvalue weighted by atomic mass is 10.1. The highest BCUT2D eigenvalue weighted by atomic mass is 16.5. The Kier molecular flexibility index (Phi) is 5.41. The molecule has 27 heavy (non-hydrogen) atoms. The van der Waals surface area contributed by atoms with E-state index in [1.165, 1.54) is 7.11 Å². The highest BCUT2D eigenvalue weighted by Crippen LogP contribution is 2.29. The van der Waals surface area contributed by atoms with Crippen molar-refractivity contribution in [3.05, 3.63) is 66.2 Å². The van der Waals surface area contributed by atoms with Crippen molar-refractivity contribution < 1.29 is 14.3 Å². The first-order valence-corrected chi connectivity index (χ1v) is 8.77. The van der Waals surface area contributed by atoms with Crippen LogP contribution in [0.4, 0.5) is 11.4 Å². The summed E-state index contributed by atoms with van der Waals surface area (Å²) in [6.07, 6.45) is 0. The minimum absolute atomic E-state index is 0.0961. The summed E-state index contributed by atoms with van der Waals surface area (Å²) in [4.78, 5) is 24.5. The van der Waals surface area contributed by atoms with Crippen LogP contribution in [0.1, 0.15) is 24.2 Å². The van der Waals surface area contributed by atoms with Gasteiger partial charge in [0, 0.05) is 23.2 Å². The fourth-order valence-corrected chi connectivity index (χ4v) is 2.68. The van der Waals surface area contributed by atoms with E-state index in [0.717, 1.165) is 10.8 Å². The van der Waals surface area contributed by atoms with E-state index >= 15 is 0 Å². The molecule has 2 N–H and O–H groups in total. The van der Waals surface area contributed by atoms with E-state index < -0.39 is 0 Å². The van der Waals surface area contributed by atoms with Crippen molar-refractivity contribution >= 4 is 34.0 Å². The number of hydrogen-bond donors (Lipinski definition) is 2. The van der Waals surface area contributed by atoms with Gasteiger partial charge < -0.3 is 15.4 Å². The maximum atomic E-state index is 12.6. The number of hydrogen-bond acceptors (Lipinski definition) is 3. The molecule has 0 heterocycles. The Bertz CT molecular complexity index is 996. The molecule has 0 aliphatic carbocycles. The fourth-order valence-electron chi connectivity index (χ4n) is 2.68. The van der Waals surface area contributed by atoms with Crippen molar-refractivity contribution in [3.8, 4) is 5.75 Å². The maximum absolute atomic E-state index is 12.6. The molecule has 5 nitrogen and oxygen atoms in total. The first kappa shape index (κ1) is 18.5. The van der Waals surface area contributed by atoms with Crippen molar-refractivity contribution in [2.24, 2.45) is 5.92 Å². The van der Waals surface area contributed by atoms with Gasteiger partial charge in [0.25, 0.3) is 5.91 Å². The molecule has 0 aliphatic rings. The van der Waals surface area contributed by atoms with Crippen LogP contribution in [0.5, 0.6) is 5.75 Å². The lowest BCUT2D eigenvalue weighted by Gasteiger charge is -2.14. The van der Waals surface area contributed by atoms with E-state index in [2.05, 4.69) is 10.6 Å². The molecule has 0 aliphatic heterocycles. The largest absolute Gasteiger partial charge is 0.494 e. The Morgan fingerprint density at radius 3 is 2.33 bits per heavy atom. The monoisotopic (exact) mass is 362 g/mol. The van der Waals surface area contributed by atoms with Crippen LogP contribution < -0.4 is 15.4 Å². The molecule has 5 heteroatoms. The minimum Gasteiger partial charge on any atom is -0.494 e. The van der Waals surface area contributed by atoms with E-state index in [9.17, 15) is 9.59 Å². The molecule has 0 saturated carbocycles. The quantitative estimate of drug-likeness (QED) is 0.691. The summed E-state index contributed by atoms with van der Waals surface area (Å²) in [7, 11) is 1.52. The molecule has 0 radical (unpaired) electrons. The number of carbonyl (C=O) groups is 2. The van der Waals surface area contributed by atoms with Gasteiger partial charge in [-0.25, -0.2) is 0 Å². The van der Waals surface area contributed by atoms with Crippen LogP contribution >= 0.6 is 0 Å². The Balaban J connectivity index is 1.79. The standard InChI is InChI=1S/C22H22N2O3/c1-14(2)21(25)24-19-11-10-18(13-20(19)27-3)23-22(26)17-9-8-15-6-4-5-7-16(15)12-17/h4-14H,1-3H3,(H,23,26)(H,24,25). The molecule has 2 amide bonds. The number of carbonyl (C=O) groups excluding carboxylic acids is 2. The first-order chi connectivity index (χ1) is 13.0. The molecule has 0 atom stereocenters. The zero-order valence-electron chi connectivity index (χ0n) is 15.6. The van der Waals surface area contributed by atoms with Crippen molar-refractivity contribution in [1.29, 1.82) is 0 Å². The van der Waals surface area contributed by atoms with Crippen LogP contribution in [0, 0.1) is 5.92 Å². The van der Waals surface area contributed by atoms with Crippen LogP contribution in [0.25, 0.3) is 10.8 Å². The molecule has 3 rings (SSSR count). The molecule has 0 unspecified atom stereocenters. The summed E-state index contributed by atoms with van der Waals surface area (Å²) in [5, 5.41) is 7.78. The van der Waals surface area contributed by atoms with Gasteiger partial charge in [0.05, 0.1) is 12.8 Å². The van der Waals surface area contributed by atoms with E-state index in [4.69, 9.17) is 4.74 Å². The molecule has 0 aromatic heterocycles. The number of benzene rings is 3. The van der Waals surface area contributed by atoms with Gasteiger partial charge in [-0.15, -0.1) is 0 Å². The Morgan fingerprint density at radius 1 is 0.889 bits per heavy atom. The van der Waals surface area contributed by atoms with Crippen molar-refractivity contribution in [1.82, 2.24) is 0 Å². The van der Waals surface area contributed by atoms with Crippen LogP contribution in [0.15, 0.2) is 60.7 Å². The third-order valence-corrected chi connectivity index (χ3v) is 4.25. The van der Waals surface area contributed by atoms with Gasteiger partial charge in [-0.2, -0.15) is 0 Å². The molecule has 0 fully saturated rings. The molecule has 0 bridgehead atoms. The Labute approximate surface area is 158 Å². The number of nitrogens with one attached hydrogen (secondary N) is 2. The van der Waals surface area contributed by atoms with Crippen molar-refractivity contribution in [3.63, 3.8) is 0 Å². The maximum Gasteiger partial charge on any atom is 0.255 e. The molecular weight excluding hydrogens is 340 g/mol. The summed E-state index contributed by atoms with van der Waals surface area (Å²) in [6.45, 7) is 3.64. The smallest absolute Gasteiger partial charge is 0.255 e. The average molecular weight is 362 g/mol. The van der Waals surface area contributed by atoms with Crippen LogP contribution in [0.3, 0.4) is 0 Å². The van der Waals surface area contributed by atoms with Gasteiger partial charge in [0.2, 0.25) is 5.91 Å². The molecule has 0 spiro atoms. The topological polar surface area (TPSA) is 67.4 Å². The van der Waals surface area contributed by atoms with E-state index in [-0.39, 0.29) is 17.7 Å². The average Bonchev–Trinajstić information content (AvgIpc) is 2.68. The van der Waals surface area contributed by atoms with Gasteiger partial charge in [0.1, 0.15) is 5.75 Å². The highest BCUT2D eigenvalue weighted by molar-refractivity contribution is 6.06. The predicted octanol–water partition coefficient (Wildman–Crippen LogP) is 4.70. The zero-order valence-corrected chi connectivity index (χ0v) is 15.6. The molecule has 0 saturated heterocycles. The molecule has 138 valence electrons. The third kappa shape index (κ3) is 4.26. The Hall–Kier alpha value is -3.34. The first-order valence-electron chi connectivity index (χ1n) is 8.77. The SMILES string of the molecule is COc1cc(NC(=O)c2ccc3ccccc3c2)ccc1NC(=O)C(C)C. The summed E-state index contributed by atoms with van der Waals surface area (Å²) in [6, 6.07) is 18.6. The predicted molar refractivity (Wildman–Crippen MR) is 108 cm³/mol. The van der Waals surface area contributed by atoms with Gasteiger partial charge >= 0.3 is 0 Å². The number of fused-ring (bicyclic) bond motifs is 1. The number of amides is 2. The van der Waals surface area contributed by atoms with Gasteiger partial charge in [0.15, 0.2) is 0 Å². The number of ether oxygens (including phenoxy) is 1. The number of anilines is 2. The van der Waals surface area contributed by atoms with Gasteiger partial charge in [-0.3, -0.25) is 9.59 Å². The number of methoxy groups -OCH3 is 1. The highest BCUT2D eigenvalue weighted by Gasteiger charge is 2.13. The molecule has 3 aromatic carbocycles. The van der Waals surface area contributed by atoms with Gasteiger partial charge in [-0.05, 0) is 35.0 Å². The lowest BCUT2D eigenvalue weighted by Crippen LogP contribution is -2.18. The lowest BCUT2D eigenvalue weighted by molar-refractivity contribution is -0.118. The zero-order chi connectivity index (χ0) is 19.4. The summed E-state index contributed by atoms with van der Waals surface area (Å²) in [5.41, 5.74) is 1.73. The Morgan fingerprint density at radius 2 is 1.63 bits per heavy atom. The summed E-state index contributed by atoms with van der Waals surface area (Å²) >= 11 is 0. The van der Waals surface area contributed by atoms with Crippen LogP contribution in [0.2, 0.25) is 0 Å². The van der Waals surface area contributed by atoms with Crippen LogP contribution in [-0.4, -0.2) is 18.9 Å². The summed E-state index contributed by atoms with van der Waals surface area (Å²) in [5.74, 6) is 0.0466. The van der Waals surface area contributed by atoms with E-state index in [0.29, 0.717) is 22.7 Å². The molecular formula is C22H22N2O3.